The van der Waals surface area contributed by atoms with Crippen molar-refractivity contribution in [3.05, 3.63) is 70.7 Å². The van der Waals surface area contributed by atoms with Gasteiger partial charge in [0.15, 0.2) is 17.0 Å². The Balaban J connectivity index is 1.50. The summed E-state index contributed by atoms with van der Waals surface area (Å²) in [6.45, 7) is 4.78. The Labute approximate surface area is 175 Å². The van der Waals surface area contributed by atoms with Crippen LogP contribution in [0, 0.1) is 0 Å². The first kappa shape index (κ1) is 20.8. The van der Waals surface area contributed by atoms with Crippen LogP contribution in [0.4, 0.5) is 8.78 Å². The summed E-state index contributed by atoms with van der Waals surface area (Å²) < 4.78 is 40.6. The highest BCUT2D eigenvalue weighted by Crippen LogP contribution is 2.32. The molecule has 0 spiro atoms. The molecule has 0 radical (unpaired) electrons. The third-order valence-corrected chi connectivity index (χ3v) is 4.91. The average molecular weight is 430 g/mol. The van der Waals surface area contributed by atoms with Gasteiger partial charge in [-0.05, 0) is 31.1 Å². The Morgan fingerprint density at radius 2 is 2.10 bits per heavy atom. The van der Waals surface area contributed by atoms with Crippen molar-refractivity contribution in [3.63, 3.8) is 0 Å². The average Bonchev–Trinajstić information content (AvgIpc) is 3.43. The molecule has 1 fully saturated rings. The van der Waals surface area contributed by atoms with Crippen LogP contribution in [0.25, 0.3) is 11.2 Å². The van der Waals surface area contributed by atoms with Gasteiger partial charge in [-0.1, -0.05) is 11.7 Å². The summed E-state index contributed by atoms with van der Waals surface area (Å²) in [4.78, 5) is 25.2. The Morgan fingerprint density at radius 1 is 1.32 bits per heavy atom. The Kier molecular flexibility index (Phi) is 5.59. The molecule has 1 aliphatic heterocycles. The largest absolute Gasteiger partial charge is 0.373 e. The lowest BCUT2D eigenvalue weighted by atomic mass is 9.99. The minimum atomic E-state index is -0.689. The lowest BCUT2D eigenvalue weighted by Crippen LogP contribution is -2.22. The Hall–Kier alpha value is -3.47. The standard InChI is InChI=1S/C20H20F2N6O3/c1-11(21)4-13(5-12(2)22)15-6-14(8-30-15)18-25-16(31-26-18)7-28-10-24-19-17(20(28)29)27(3)9-23-19/h4-5,9-10,14-15H,1,6-8H2,2-3H3/b12-5+,13-4+/t14-,15+/m0/s1. The second kappa shape index (κ2) is 8.34. The predicted molar refractivity (Wildman–Crippen MR) is 106 cm³/mol. The fraction of sp³-hybridized carbons (Fsp3) is 0.350. The number of ether oxygens (including phenoxy) is 1. The Bertz CT molecular complexity index is 1250. The van der Waals surface area contributed by atoms with E-state index < -0.39 is 17.8 Å². The van der Waals surface area contributed by atoms with Crippen molar-refractivity contribution >= 4 is 11.2 Å². The first-order valence-corrected chi connectivity index (χ1v) is 9.52. The molecule has 4 heterocycles. The van der Waals surface area contributed by atoms with Crippen LogP contribution in [-0.4, -0.2) is 42.0 Å². The van der Waals surface area contributed by atoms with Gasteiger partial charge in [0.25, 0.3) is 5.56 Å². The number of fused-ring (bicyclic) bond motifs is 1. The van der Waals surface area contributed by atoms with Gasteiger partial charge in [-0.3, -0.25) is 9.36 Å². The molecule has 1 aliphatic rings. The molecule has 3 aromatic rings. The summed E-state index contributed by atoms with van der Waals surface area (Å²) >= 11 is 0. The maximum Gasteiger partial charge on any atom is 0.280 e. The minimum absolute atomic E-state index is 0.0492. The molecule has 2 atom stereocenters. The second-order valence-electron chi connectivity index (χ2n) is 7.33. The number of aryl methyl sites for hydroxylation is 1. The van der Waals surface area contributed by atoms with Crippen molar-refractivity contribution in [1.29, 1.82) is 0 Å². The van der Waals surface area contributed by atoms with E-state index in [9.17, 15) is 13.6 Å². The van der Waals surface area contributed by atoms with Gasteiger partial charge in [0, 0.05) is 13.0 Å². The van der Waals surface area contributed by atoms with Gasteiger partial charge in [-0.15, -0.1) is 0 Å². The van der Waals surface area contributed by atoms with Crippen molar-refractivity contribution < 1.29 is 18.0 Å². The third-order valence-electron chi connectivity index (χ3n) is 4.91. The molecule has 0 aliphatic carbocycles. The molecule has 0 amide bonds. The SMILES string of the molecule is C=C(F)/C=C(\C=C(/C)F)[C@H]1C[C@H](c2noc(Cn3cnc4ncn(C)c4c3=O)n2)CO1. The third kappa shape index (κ3) is 4.36. The number of imidazole rings is 1. The molecule has 162 valence electrons. The van der Waals surface area contributed by atoms with Crippen molar-refractivity contribution in [1.82, 2.24) is 29.2 Å². The van der Waals surface area contributed by atoms with Crippen LogP contribution in [0.2, 0.25) is 0 Å². The molecule has 0 N–H and O–H groups in total. The van der Waals surface area contributed by atoms with Gasteiger partial charge in [-0.2, -0.15) is 4.98 Å². The molecule has 0 saturated carbocycles. The van der Waals surface area contributed by atoms with E-state index in [2.05, 4.69) is 26.7 Å². The zero-order valence-corrected chi connectivity index (χ0v) is 17.0. The van der Waals surface area contributed by atoms with Crippen LogP contribution in [0.1, 0.15) is 31.0 Å². The Morgan fingerprint density at radius 3 is 2.84 bits per heavy atom. The zero-order chi connectivity index (χ0) is 22.1. The van der Waals surface area contributed by atoms with Crippen LogP contribution in [0.5, 0.6) is 0 Å². The number of halogens is 2. The summed E-state index contributed by atoms with van der Waals surface area (Å²) in [6.07, 6.45) is 5.15. The number of allylic oxidation sites excluding steroid dienone is 3. The van der Waals surface area contributed by atoms with E-state index in [0.29, 0.717) is 29.0 Å². The van der Waals surface area contributed by atoms with Crippen molar-refractivity contribution in [2.24, 2.45) is 7.05 Å². The van der Waals surface area contributed by atoms with Crippen molar-refractivity contribution in [2.45, 2.75) is 31.9 Å². The molecular weight excluding hydrogens is 410 g/mol. The quantitative estimate of drug-likeness (QED) is 0.554. The lowest BCUT2D eigenvalue weighted by molar-refractivity contribution is 0.136. The molecule has 4 rings (SSSR count). The number of aromatic nitrogens is 6. The fourth-order valence-corrected chi connectivity index (χ4v) is 3.51. The van der Waals surface area contributed by atoms with E-state index in [4.69, 9.17) is 9.26 Å². The van der Waals surface area contributed by atoms with E-state index in [0.717, 1.165) is 6.08 Å². The molecule has 9 nitrogen and oxygen atoms in total. The maximum atomic E-state index is 13.4. The highest BCUT2D eigenvalue weighted by molar-refractivity contribution is 5.68. The zero-order valence-electron chi connectivity index (χ0n) is 17.0. The van der Waals surface area contributed by atoms with E-state index in [1.165, 1.54) is 30.2 Å². The number of hydrogen-bond acceptors (Lipinski definition) is 7. The van der Waals surface area contributed by atoms with Crippen molar-refractivity contribution in [3.8, 4) is 0 Å². The van der Waals surface area contributed by atoms with Gasteiger partial charge in [0.1, 0.15) is 18.7 Å². The van der Waals surface area contributed by atoms with E-state index in [-0.39, 0.29) is 30.5 Å². The summed E-state index contributed by atoms with van der Waals surface area (Å²) in [7, 11) is 1.71. The highest BCUT2D eigenvalue weighted by Gasteiger charge is 2.32. The molecule has 31 heavy (non-hydrogen) atoms. The molecule has 1 saturated heterocycles. The first-order chi connectivity index (χ1) is 14.8. The maximum absolute atomic E-state index is 13.4. The molecule has 3 aromatic heterocycles. The minimum Gasteiger partial charge on any atom is -0.373 e. The van der Waals surface area contributed by atoms with Crippen molar-refractivity contribution in [2.75, 3.05) is 6.61 Å². The summed E-state index contributed by atoms with van der Waals surface area (Å²) in [5.41, 5.74) is 0.810. The lowest BCUT2D eigenvalue weighted by Gasteiger charge is -2.10. The van der Waals surface area contributed by atoms with E-state index >= 15 is 0 Å². The van der Waals surface area contributed by atoms with Gasteiger partial charge in [0.05, 0.1) is 24.9 Å². The summed E-state index contributed by atoms with van der Waals surface area (Å²) in [6, 6.07) is 0. The van der Waals surface area contributed by atoms with Crippen LogP contribution >= 0.6 is 0 Å². The monoisotopic (exact) mass is 430 g/mol. The second-order valence-corrected chi connectivity index (χ2v) is 7.33. The highest BCUT2D eigenvalue weighted by atomic mass is 19.1. The fourth-order valence-electron chi connectivity index (χ4n) is 3.51. The van der Waals surface area contributed by atoms with E-state index in [1.807, 2.05) is 0 Å². The first-order valence-electron chi connectivity index (χ1n) is 9.52. The van der Waals surface area contributed by atoms with Crippen LogP contribution in [0.3, 0.4) is 0 Å². The smallest absolute Gasteiger partial charge is 0.280 e. The normalized spacial score (nSPS) is 20.0. The van der Waals surface area contributed by atoms with Crippen LogP contribution < -0.4 is 5.56 Å². The topological polar surface area (TPSA) is 101 Å². The number of rotatable bonds is 6. The summed E-state index contributed by atoms with van der Waals surface area (Å²) in [5.74, 6) is -0.742. The van der Waals surface area contributed by atoms with Gasteiger partial charge >= 0.3 is 0 Å². The van der Waals surface area contributed by atoms with E-state index in [1.54, 1.807) is 11.6 Å². The number of nitrogens with zero attached hydrogens (tertiary/aromatic N) is 6. The van der Waals surface area contributed by atoms with Crippen LogP contribution in [0.15, 0.2) is 57.9 Å². The molecule has 0 unspecified atom stereocenters. The molecule has 0 bridgehead atoms. The summed E-state index contributed by atoms with van der Waals surface area (Å²) in [5, 5.41) is 3.99. The number of hydrogen-bond donors (Lipinski definition) is 0. The molecular formula is C20H20F2N6O3. The van der Waals surface area contributed by atoms with Gasteiger partial charge in [0.2, 0.25) is 5.89 Å². The molecule has 0 aromatic carbocycles. The molecule has 11 heteroatoms. The van der Waals surface area contributed by atoms with Gasteiger partial charge < -0.3 is 13.8 Å². The van der Waals surface area contributed by atoms with Crippen LogP contribution in [-0.2, 0) is 18.3 Å². The van der Waals surface area contributed by atoms with Gasteiger partial charge in [-0.25, -0.2) is 18.7 Å². The predicted octanol–water partition coefficient (Wildman–Crippen LogP) is 2.72.